The minimum Gasteiger partial charge on any atom is -0.444 e. The van der Waals surface area contributed by atoms with Gasteiger partial charge in [-0.15, -0.1) is 11.8 Å². The molecule has 164 valence electrons. The fourth-order valence-electron chi connectivity index (χ4n) is 4.14. The molecule has 0 spiro atoms. The maximum atomic E-state index is 12.4. The molecule has 32 heavy (non-hydrogen) atoms. The van der Waals surface area contributed by atoms with Crippen molar-refractivity contribution in [3.63, 3.8) is 0 Å². The van der Waals surface area contributed by atoms with Gasteiger partial charge in [0.05, 0.1) is 18.0 Å². The molecule has 0 bridgehead atoms. The van der Waals surface area contributed by atoms with Gasteiger partial charge in [0.2, 0.25) is 5.91 Å². The minimum absolute atomic E-state index is 0.0193. The lowest BCUT2D eigenvalue weighted by atomic mass is 10.1. The number of benzene rings is 2. The molecule has 2 amide bonds. The summed E-state index contributed by atoms with van der Waals surface area (Å²) in [4.78, 5) is 30.9. The van der Waals surface area contributed by atoms with Gasteiger partial charge >= 0.3 is 6.09 Å². The topological polar surface area (TPSA) is 83.6 Å². The van der Waals surface area contributed by atoms with Crippen LogP contribution in [0, 0.1) is 0 Å². The van der Waals surface area contributed by atoms with Gasteiger partial charge in [0.25, 0.3) is 0 Å². The largest absolute Gasteiger partial charge is 0.444 e. The van der Waals surface area contributed by atoms with E-state index in [0.29, 0.717) is 12.3 Å². The van der Waals surface area contributed by atoms with Gasteiger partial charge in [-0.05, 0) is 54.6 Å². The number of cyclic esters (lactones) is 1. The number of aromatic nitrogens is 1. The van der Waals surface area contributed by atoms with Crippen LogP contribution >= 0.6 is 11.8 Å². The van der Waals surface area contributed by atoms with E-state index in [-0.39, 0.29) is 18.1 Å². The summed E-state index contributed by atoms with van der Waals surface area (Å²) in [5, 5.41) is 8.73. The Hall–Kier alpha value is -3.10. The van der Waals surface area contributed by atoms with Crippen LogP contribution in [-0.4, -0.2) is 41.9 Å². The van der Waals surface area contributed by atoms with Gasteiger partial charge in [-0.25, -0.2) is 4.79 Å². The van der Waals surface area contributed by atoms with Crippen LogP contribution in [0.5, 0.6) is 0 Å². The Morgan fingerprint density at radius 1 is 1.22 bits per heavy atom. The van der Waals surface area contributed by atoms with E-state index in [4.69, 9.17) is 4.74 Å². The highest BCUT2D eigenvalue weighted by molar-refractivity contribution is 8.00. The molecule has 2 aliphatic rings. The molecule has 7 nitrogen and oxygen atoms in total. The lowest BCUT2D eigenvalue weighted by molar-refractivity contribution is -0.113. The van der Waals surface area contributed by atoms with Crippen LogP contribution in [0.2, 0.25) is 0 Å². The zero-order chi connectivity index (χ0) is 21.9. The van der Waals surface area contributed by atoms with Gasteiger partial charge in [0, 0.05) is 34.9 Å². The molecular weight excluding hydrogens is 424 g/mol. The van der Waals surface area contributed by atoms with Crippen LogP contribution in [0.4, 0.5) is 16.2 Å². The van der Waals surface area contributed by atoms with E-state index in [0.717, 1.165) is 47.6 Å². The SMILES string of the molecule is O=C1CSc2ccc(N3CC(CCCNCc4cccc5cnccc45)OC3=O)cc2N1. The average Bonchev–Trinajstić information content (AvgIpc) is 3.18. The number of rotatable bonds is 7. The smallest absolute Gasteiger partial charge is 0.414 e. The molecule has 0 radical (unpaired) electrons. The van der Waals surface area contributed by atoms with Crippen molar-refractivity contribution in [2.75, 3.05) is 29.1 Å². The number of hydrogen-bond donors (Lipinski definition) is 2. The van der Waals surface area contributed by atoms with Gasteiger partial charge in [-0.2, -0.15) is 0 Å². The van der Waals surface area contributed by atoms with Gasteiger partial charge in [0.15, 0.2) is 0 Å². The van der Waals surface area contributed by atoms with Gasteiger partial charge in [-0.3, -0.25) is 14.7 Å². The van der Waals surface area contributed by atoms with E-state index in [1.807, 2.05) is 36.7 Å². The standard InChI is InChI=1S/C24H24N4O3S/c29-23-15-32-22-7-6-18(11-21(22)27-23)28-14-19(31-24(28)30)5-2-9-25-12-16-3-1-4-17-13-26-10-8-20(16)17/h1,3-4,6-8,10-11,13,19,25H,2,5,9,12,14-15H2,(H,27,29). The number of pyridine rings is 1. The lowest BCUT2D eigenvalue weighted by Crippen LogP contribution is -2.25. The molecule has 2 N–H and O–H groups in total. The summed E-state index contributed by atoms with van der Waals surface area (Å²) in [5.74, 6) is 0.403. The number of thioether (sulfide) groups is 1. The predicted octanol–water partition coefficient (Wildman–Crippen LogP) is 4.17. The Labute approximate surface area is 190 Å². The second-order valence-corrected chi connectivity index (χ2v) is 8.98. The average molecular weight is 449 g/mol. The molecular formula is C24H24N4O3S. The molecule has 3 aromatic rings. The first-order chi connectivity index (χ1) is 15.7. The summed E-state index contributed by atoms with van der Waals surface area (Å²) in [6.45, 7) is 2.16. The molecule has 0 aliphatic carbocycles. The first kappa shape index (κ1) is 20.8. The fourth-order valence-corrected chi connectivity index (χ4v) is 4.93. The van der Waals surface area contributed by atoms with Crippen LogP contribution in [0.15, 0.2) is 59.8 Å². The first-order valence-electron chi connectivity index (χ1n) is 10.7. The fraction of sp³-hybridized carbons (Fsp3) is 0.292. The van der Waals surface area contributed by atoms with Crippen molar-refractivity contribution in [3.05, 3.63) is 60.4 Å². The normalized spacial score (nSPS) is 17.9. The van der Waals surface area contributed by atoms with Gasteiger partial charge < -0.3 is 15.4 Å². The van der Waals surface area contributed by atoms with Crippen LogP contribution in [-0.2, 0) is 16.1 Å². The Bertz CT molecular complexity index is 1160. The molecule has 1 aromatic heterocycles. The molecule has 2 aromatic carbocycles. The highest BCUT2D eigenvalue weighted by Gasteiger charge is 2.32. The van der Waals surface area contributed by atoms with E-state index >= 15 is 0 Å². The van der Waals surface area contributed by atoms with E-state index in [2.05, 4.69) is 33.8 Å². The summed E-state index contributed by atoms with van der Waals surface area (Å²) in [6.07, 6.45) is 4.95. The molecule has 2 aliphatic heterocycles. The number of nitrogens with zero attached hydrogens (tertiary/aromatic N) is 2. The van der Waals surface area contributed by atoms with Crippen LogP contribution in [0.3, 0.4) is 0 Å². The van der Waals surface area contributed by atoms with Crippen molar-refractivity contribution in [1.82, 2.24) is 10.3 Å². The molecule has 1 fully saturated rings. The predicted molar refractivity (Wildman–Crippen MR) is 126 cm³/mol. The third kappa shape index (κ3) is 4.42. The zero-order valence-corrected chi connectivity index (χ0v) is 18.4. The molecule has 1 saturated heterocycles. The van der Waals surface area contributed by atoms with Crippen LogP contribution in [0.1, 0.15) is 18.4 Å². The number of carbonyl (C=O) groups excluding carboxylic acids is 2. The van der Waals surface area contributed by atoms with Crippen molar-refractivity contribution < 1.29 is 14.3 Å². The third-order valence-electron chi connectivity index (χ3n) is 5.75. The number of nitrogens with one attached hydrogen (secondary N) is 2. The number of carbonyl (C=O) groups is 2. The monoisotopic (exact) mass is 448 g/mol. The Morgan fingerprint density at radius 3 is 3.09 bits per heavy atom. The van der Waals surface area contributed by atoms with E-state index < -0.39 is 0 Å². The second kappa shape index (κ2) is 9.18. The van der Waals surface area contributed by atoms with Crippen molar-refractivity contribution in [3.8, 4) is 0 Å². The van der Waals surface area contributed by atoms with E-state index in [1.165, 1.54) is 22.7 Å². The first-order valence-corrected chi connectivity index (χ1v) is 11.7. The number of anilines is 2. The molecule has 0 saturated carbocycles. The molecule has 3 heterocycles. The number of fused-ring (bicyclic) bond motifs is 2. The maximum Gasteiger partial charge on any atom is 0.414 e. The van der Waals surface area contributed by atoms with Crippen LogP contribution in [0.25, 0.3) is 10.8 Å². The molecule has 1 atom stereocenters. The van der Waals surface area contributed by atoms with Crippen LogP contribution < -0.4 is 15.5 Å². The van der Waals surface area contributed by atoms with E-state index in [1.54, 1.807) is 4.90 Å². The highest BCUT2D eigenvalue weighted by Crippen LogP contribution is 2.35. The Kier molecular flexibility index (Phi) is 5.96. The molecule has 5 rings (SSSR count). The maximum absolute atomic E-state index is 12.4. The second-order valence-electron chi connectivity index (χ2n) is 7.97. The Balaban J connectivity index is 1.11. The lowest BCUT2D eigenvalue weighted by Gasteiger charge is -2.20. The van der Waals surface area contributed by atoms with E-state index in [9.17, 15) is 9.59 Å². The quantitative estimate of drug-likeness (QED) is 0.528. The Morgan fingerprint density at radius 2 is 2.16 bits per heavy atom. The number of amides is 2. The van der Waals surface area contributed by atoms with Crippen molar-refractivity contribution in [2.45, 2.75) is 30.4 Å². The van der Waals surface area contributed by atoms with Gasteiger partial charge in [-0.1, -0.05) is 18.2 Å². The molecule has 8 heteroatoms. The summed E-state index contributed by atoms with van der Waals surface area (Å²) >= 11 is 1.51. The minimum atomic E-state index is -0.331. The number of ether oxygens (including phenoxy) is 1. The highest BCUT2D eigenvalue weighted by atomic mass is 32.2. The van der Waals surface area contributed by atoms with Crippen molar-refractivity contribution in [2.24, 2.45) is 0 Å². The molecule has 1 unspecified atom stereocenters. The van der Waals surface area contributed by atoms with Gasteiger partial charge in [0.1, 0.15) is 6.10 Å². The third-order valence-corrected chi connectivity index (χ3v) is 6.82. The van der Waals surface area contributed by atoms with Crippen molar-refractivity contribution in [1.29, 1.82) is 0 Å². The summed E-state index contributed by atoms with van der Waals surface area (Å²) in [6, 6.07) is 14.0. The number of hydrogen-bond acceptors (Lipinski definition) is 6. The van der Waals surface area contributed by atoms with Crippen molar-refractivity contribution >= 4 is 45.9 Å². The summed E-state index contributed by atoms with van der Waals surface area (Å²) in [7, 11) is 0. The zero-order valence-electron chi connectivity index (χ0n) is 17.5. The summed E-state index contributed by atoms with van der Waals surface area (Å²) in [5.41, 5.74) is 2.76. The summed E-state index contributed by atoms with van der Waals surface area (Å²) < 4.78 is 5.58.